The number of anilines is 1. The second-order valence-corrected chi connectivity index (χ2v) is 4.29. The lowest BCUT2D eigenvalue weighted by Crippen LogP contribution is -1.98. The Balaban J connectivity index is 2.22. The summed E-state index contributed by atoms with van der Waals surface area (Å²) in [7, 11) is 0. The minimum atomic E-state index is -0.287. The predicted octanol–water partition coefficient (Wildman–Crippen LogP) is 2.72. The van der Waals surface area contributed by atoms with Gasteiger partial charge < -0.3 is 5.73 Å². The predicted molar refractivity (Wildman–Crippen MR) is 71.9 cm³/mol. The number of fused-ring (bicyclic) bond motifs is 1. The summed E-state index contributed by atoms with van der Waals surface area (Å²) in [6, 6.07) is 6.34. The highest BCUT2D eigenvalue weighted by Crippen LogP contribution is 2.25. The number of nitrogen functional groups attached to an aromatic ring is 1. The second-order valence-electron chi connectivity index (χ2n) is 4.29. The number of pyridine rings is 1. The summed E-state index contributed by atoms with van der Waals surface area (Å²) in [6.45, 7) is 1.85. The number of rotatable bonds is 1. The van der Waals surface area contributed by atoms with Crippen LogP contribution in [0.2, 0.25) is 0 Å². The highest BCUT2D eigenvalue weighted by atomic mass is 19.1. The number of benzene rings is 1. The molecule has 19 heavy (non-hydrogen) atoms. The van der Waals surface area contributed by atoms with E-state index in [1.54, 1.807) is 12.3 Å². The maximum Gasteiger partial charge on any atom is 0.130 e. The number of hydrogen-bond donors (Lipinski definition) is 1. The van der Waals surface area contributed by atoms with Crippen LogP contribution in [0.4, 0.5) is 10.2 Å². The summed E-state index contributed by atoms with van der Waals surface area (Å²) >= 11 is 0. The minimum Gasteiger partial charge on any atom is -0.383 e. The van der Waals surface area contributed by atoms with E-state index in [-0.39, 0.29) is 5.82 Å². The van der Waals surface area contributed by atoms with Gasteiger partial charge in [0.25, 0.3) is 0 Å². The largest absolute Gasteiger partial charge is 0.383 e. The van der Waals surface area contributed by atoms with Gasteiger partial charge in [-0.2, -0.15) is 0 Å². The van der Waals surface area contributed by atoms with Crippen LogP contribution in [0.3, 0.4) is 0 Å². The van der Waals surface area contributed by atoms with E-state index >= 15 is 0 Å². The Morgan fingerprint density at radius 2 is 1.95 bits per heavy atom. The first-order chi connectivity index (χ1) is 9.15. The van der Waals surface area contributed by atoms with Gasteiger partial charge in [-0.25, -0.2) is 14.4 Å². The van der Waals surface area contributed by atoms with E-state index in [2.05, 4.69) is 15.0 Å². The first kappa shape index (κ1) is 11.5. The zero-order valence-corrected chi connectivity index (χ0v) is 10.3. The first-order valence-corrected chi connectivity index (χ1v) is 5.78. The summed E-state index contributed by atoms with van der Waals surface area (Å²) in [4.78, 5) is 12.4. The summed E-state index contributed by atoms with van der Waals surface area (Å²) in [6.07, 6.45) is 3.11. The molecular formula is C14H11FN4. The van der Waals surface area contributed by atoms with Gasteiger partial charge in [0.2, 0.25) is 0 Å². The van der Waals surface area contributed by atoms with Gasteiger partial charge in [-0.3, -0.25) is 4.98 Å². The van der Waals surface area contributed by atoms with Crippen molar-refractivity contribution in [1.29, 1.82) is 0 Å². The molecule has 0 radical (unpaired) electrons. The zero-order valence-electron chi connectivity index (χ0n) is 10.3. The Labute approximate surface area is 109 Å². The number of nitrogens with two attached hydrogens (primary N) is 1. The van der Waals surface area contributed by atoms with E-state index in [1.165, 1.54) is 18.5 Å². The Hall–Kier alpha value is -2.56. The Kier molecular flexibility index (Phi) is 2.59. The van der Waals surface area contributed by atoms with E-state index in [9.17, 15) is 4.39 Å². The molecule has 0 fully saturated rings. The van der Waals surface area contributed by atoms with Crippen LogP contribution in [-0.2, 0) is 0 Å². The van der Waals surface area contributed by atoms with Crippen LogP contribution in [0.25, 0.3) is 22.2 Å². The van der Waals surface area contributed by atoms with Crippen LogP contribution < -0.4 is 5.73 Å². The van der Waals surface area contributed by atoms with Gasteiger partial charge in [0.05, 0.1) is 11.2 Å². The molecule has 0 atom stereocenters. The quantitative estimate of drug-likeness (QED) is 0.725. The van der Waals surface area contributed by atoms with Gasteiger partial charge in [-0.1, -0.05) is 0 Å². The monoisotopic (exact) mass is 254 g/mol. The molecule has 2 N–H and O–H groups in total. The highest BCUT2D eigenvalue weighted by Gasteiger charge is 2.08. The molecule has 1 aromatic carbocycles. The minimum absolute atomic E-state index is 0.287. The van der Waals surface area contributed by atoms with Gasteiger partial charge in [-0.05, 0) is 31.2 Å². The number of aromatic nitrogens is 3. The molecule has 0 bridgehead atoms. The molecule has 0 unspecified atom stereocenters. The molecule has 3 aromatic rings. The van der Waals surface area contributed by atoms with Crippen LogP contribution in [0.1, 0.15) is 5.56 Å². The Bertz CT molecular complexity index is 770. The average Bonchev–Trinajstić information content (AvgIpc) is 2.41. The molecule has 0 amide bonds. The van der Waals surface area contributed by atoms with Crippen LogP contribution in [0.5, 0.6) is 0 Å². The highest BCUT2D eigenvalue weighted by molar-refractivity contribution is 5.83. The second kappa shape index (κ2) is 4.28. The Morgan fingerprint density at radius 3 is 2.79 bits per heavy atom. The van der Waals surface area contributed by atoms with Crippen molar-refractivity contribution >= 4 is 16.7 Å². The molecule has 3 rings (SSSR count). The third kappa shape index (κ3) is 1.99. The summed E-state index contributed by atoms with van der Waals surface area (Å²) in [5, 5.41) is 0.731. The molecule has 2 aromatic heterocycles. The van der Waals surface area contributed by atoms with Crippen LogP contribution in [-0.4, -0.2) is 15.0 Å². The maximum absolute atomic E-state index is 13.2. The van der Waals surface area contributed by atoms with Crippen molar-refractivity contribution in [2.75, 3.05) is 5.73 Å². The van der Waals surface area contributed by atoms with Crippen LogP contribution >= 0.6 is 0 Å². The fourth-order valence-corrected chi connectivity index (χ4v) is 1.99. The lowest BCUT2D eigenvalue weighted by Gasteiger charge is -2.07. The van der Waals surface area contributed by atoms with Crippen molar-refractivity contribution in [1.82, 2.24) is 15.0 Å². The van der Waals surface area contributed by atoms with Gasteiger partial charge >= 0.3 is 0 Å². The molecular weight excluding hydrogens is 243 g/mol. The average molecular weight is 254 g/mol. The van der Waals surface area contributed by atoms with Crippen LogP contribution in [0.15, 0.2) is 36.8 Å². The lowest BCUT2D eigenvalue weighted by molar-refractivity contribution is 0.629. The topological polar surface area (TPSA) is 64.7 Å². The van der Waals surface area contributed by atoms with Crippen molar-refractivity contribution < 1.29 is 4.39 Å². The van der Waals surface area contributed by atoms with E-state index in [0.29, 0.717) is 11.5 Å². The van der Waals surface area contributed by atoms with Crippen molar-refractivity contribution in [2.45, 2.75) is 6.92 Å². The molecule has 0 aliphatic rings. The third-order valence-corrected chi connectivity index (χ3v) is 3.04. The standard InChI is InChI=1S/C14H11FN4/c1-8-13(18-7-19-14(8)16)10-4-9-5-11(15)2-3-12(9)17-6-10/h2-7H,1H3,(H2,16,18,19). The van der Waals surface area contributed by atoms with Gasteiger partial charge in [-0.15, -0.1) is 0 Å². The first-order valence-electron chi connectivity index (χ1n) is 5.78. The van der Waals surface area contributed by atoms with Crippen molar-refractivity contribution in [3.8, 4) is 11.3 Å². The summed E-state index contributed by atoms with van der Waals surface area (Å²) in [5.74, 6) is 0.148. The number of hydrogen-bond acceptors (Lipinski definition) is 4. The molecule has 0 aliphatic carbocycles. The SMILES string of the molecule is Cc1c(N)ncnc1-c1cnc2ccc(F)cc2c1. The van der Waals surface area contributed by atoms with Gasteiger partial charge in [0, 0.05) is 22.7 Å². The van der Waals surface area contributed by atoms with Gasteiger partial charge in [0.15, 0.2) is 0 Å². The summed E-state index contributed by atoms with van der Waals surface area (Å²) < 4.78 is 13.2. The summed E-state index contributed by atoms with van der Waals surface area (Å²) in [5.41, 5.74) is 8.81. The zero-order chi connectivity index (χ0) is 13.4. The fourth-order valence-electron chi connectivity index (χ4n) is 1.99. The van der Waals surface area contributed by atoms with E-state index in [0.717, 1.165) is 22.0 Å². The van der Waals surface area contributed by atoms with Crippen molar-refractivity contribution in [3.63, 3.8) is 0 Å². The molecule has 0 aliphatic heterocycles. The normalized spacial score (nSPS) is 10.8. The third-order valence-electron chi connectivity index (χ3n) is 3.04. The van der Waals surface area contributed by atoms with E-state index in [1.807, 2.05) is 13.0 Å². The van der Waals surface area contributed by atoms with Crippen molar-refractivity contribution in [2.24, 2.45) is 0 Å². The molecule has 0 saturated heterocycles. The molecule has 94 valence electrons. The molecule has 0 saturated carbocycles. The van der Waals surface area contributed by atoms with Crippen LogP contribution in [0, 0.1) is 12.7 Å². The lowest BCUT2D eigenvalue weighted by atomic mass is 10.1. The number of halogens is 1. The van der Waals surface area contributed by atoms with E-state index < -0.39 is 0 Å². The Morgan fingerprint density at radius 1 is 1.11 bits per heavy atom. The van der Waals surface area contributed by atoms with E-state index in [4.69, 9.17) is 5.73 Å². The molecule has 2 heterocycles. The van der Waals surface area contributed by atoms with Gasteiger partial charge in [0.1, 0.15) is 18.0 Å². The van der Waals surface area contributed by atoms with Crippen molar-refractivity contribution in [3.05, 3.63) is 48.2 Å². The molecule has 4 nitrogen and oxygen atoms in total. The molecule has 0 spiro atoms. The molecule has 5 heteroatoms. The number of nitrogens with zero attached hydrogens (tertiary/aromatic N) is 3. The maximum atomic E-state index is 13.2. The fraction of sp³-hybridized carbons (Fsp3) is 0.0714. The smallest absolute Gasteiger partial charge is 0.130 e.